The molecule has 0 aliphatic carbocycles. The summed E-state index contributed by atoms with van der Waals surface area (Å²) in [6, 6.07) is 3.90. The summed E-state index contributed by atoms with van der Waals surface area (Å²) in [5, 5.41) is 0. The van der Waals surface area contributed by atoms with E-state index in [1.165, 1.54) is 17.0 Å². The highest BCUT2D eigenvalue weighted by Crippen LogP contribution is 2.39. The van der Waals surface area contributed by atoms with Crippen LogP contribution in [0.25, 0.3) is 0 Å². The van der Waals surface area contributed by atoms with Crippen LogP contribution in [0.2, 0.25) is 0 Å². The van der Waals surface area contributed by atoms with Crippen LogP contribution in [0.1, 0.15) is 46.1 Å². The average Bonchev–Trinajstić information content (AvgIpc) is 2.98. The average molecular weight is 355 g/mol. The van der Waals surface area contributed by atoms with Crippen LogP contribution < -0.4 is 10.4 Å². The van der Waals surface area contributed by atoms with Gasteiger partial charge in [-0.3, -0.25) is 4.79 Å². The number of amides is 1. The predicted octanol–water partition coefficient (Wildman–Crippen LogP) is 3.13. The van der Waals surface area contributed by atoms with E-state index in [-0.39, 0.29) is 17.1 Å². The summed E-state index contributed by atoms with van der Waals surface area (Å²) in [6.07, 6.45) is -3.56. The molecule has 1 amide bonds. The zero-order valence-corrected chi connectivity index (χ0v) is 14.7. The monoisotopic (exact) mass is 355 g/mol. The van der Waals surface area contributed by atoms with Gasteiger partial charge in [-0.15, -0.1) is 0 Å². The standard InChI is InChI=1S/C17H21BF3NO3/c1-15(2)16(3,4)25-18(24-15)13-8-7-11(10-12(13)17(19,20)21)22-9-5-6-14(22)23/h7-8,10H,5-6,9H2,1-4H3. The number of hydrogen-bond donors (Lipinski definition) is 0. The zero-order valence-electron chi connectivity index (χ0n) is 14.7. The number of benzene rings is 1. The van der Waals surface area contributed by atoms with Crippen LogP contribution in [-0.2, 0) is 20.3 Å². The van der Waals surface area contributed by atoms with Gasteiger partial charge in [-0.2, -0.15) is 13.2 Å². The fraction of sp³-hybridized carbons (Fsp3) is 0.588. The van der Waals surface area contributed by atoms with Gasteiger partial charge in [0.1, 0.15) is 0 Å². The minimum absolute atomic E-state index is 0.0680. The van der Waals surface area contributed by atoms with Gasteiger partial charge in [-0.1, -0.05) is 6.07 Å². The Morgan fingerprint density at radius 3 is 2.20 bits per heavy atom. The molecule has 2 fully saturated rings. The lowest BCUT2D eigenvalue weighted by molar-refractivity contribution is -0.137. The van der Waals surface area contributed by atoms with Crippen LogP contribution in [0.5, 0.6) is 0 Å². The molecule has 0 spiro atoms. The highest BCUT2D eigenvalue weighted by Gasteiger charge is 2.53. The minimum atomic E-state index is -4.57. The van der Waals surface area contributed by atoms with E-state index in [2.05, 4.69) is 0 Å². The lowest BCUT2D eigenvalue weighted by atomic mass is 9.75. The lowest BCUT2D eigenvalue weighted by Crippen LogP contribution is -2.41. The molecule has 25 heavy (non-hydrogen) atoms. The van der Waals surface area contributed by atoms with Gasteiger partial charge in [-0.25, -0.2) is 0 Å². The molecule has 3 rings (SSSR count). The van der Waals surface area contributed by atoms with E-state index < -0.39 is 30.1 Å². The number of carbonyl (C=O) groups is 1. The molecule has 0 aromatic heterocycles. The SMILES string of the molecule is CC1(C)OB(c2ccc(N3CCCC3=O)cc2C(F)(F)F)OC1(C)C. The number of nitrogens with zero attached hydrogens (tertiary/aromatic N) is 1. The number of halogens is 3. The van der Waals surface area contributed by atoms with Gasteiger partial charge in [0.25, 0.3) is 0 Å². The van der Waals surface area contributed by atoms with E-state index in [0.717, 1.165) is 6.07 Å². The lowest BCUT2D eigenvalue weighted by Gasteiger charge is -2.32. The van der Waals surface area contributed by atoms with Gasteiger partial charge >= 0.3 is 13.3 Å². The van der Waals surface area contributed by atoms with Crippen molar-refractivity contribution in [2.24, 2.45) is 0 Å². The molecule has 0 N–H and O–H groups in total. The van der Waals surface area contributed by atoms with Crippen LogP contribution in [0.15, 0.2) is 18.2 Å². The summed E-state index contributed by atoms with van der Waals surface area (Å²) in [5.74, 6) is -0.156. The quantitative estimate of drug-likeness (QED) is 0.766. The Labute approximate surface area is 145 Å². The van der Waals surface area contributed by atoms with E-state index in [1.54, 1.807) is 27.7 Å². The summed E-state index contributed by atoms with van der Waals surface area (Å²) in [7, 11) is -1.11. The van der Waals surface area contributed by atoms with Gasteiger partial charge in [0.15, 0.2) is 0 Å². The van der Waals surface area contributed by atoms with Crippen molar-refractivity contribution in [1.29, 1.82) is 0 Å². The van der Waals surface area contributed by atoms with Gasteiger partial charge in [-0.05, 0) is 51.7 Å². The van der Waals surface area contributed by atoms with Crippen LogP contribution >= 0.6 is 0 Å². The summed E-state index contributed by atoms with van der Waals surface area (Å²) in [6.45, 7) is 7.59. The molecule has 1 aromatic rings. The van der Waals surface area contributed by atoms with Gasteiger partial charge in [0.2, 0.25) is 5.91 Å². The molecule has 0 bridgehead atoms. The molecule has 2 heterocycles. The molecular weight excluding hydrogens is 334 g/mol. The third-order valence-corrected chi connectivity index (χ3v) is 5.23. The molecule has 2 aliphatic rings. The van der Waals surface area contributed by atoms with Gasteiger partial charge in [0.05, 0.1) is 16.8 Å². The van der Waals surface area contributed by atoms with Crippen molar-refractivity contribution in [2.45, 2.75) is 57.9 Å². The van der Waals surface area contributed by atoms with Crippen LogP contribution in [0.3, 0.4) is 0 Å². The smallest absolute Gasteiger partial charge is 0.399 e. The van der Waals surface area contributed by atoms with Gasteiger partial charge < -0.3 is 14.2 Å². The van der Waals surface area contributed by atoms with Crippen molar-refractivity contribution in [1.82, 2.24) is 0 Å². The minimum Gasteiger partial charge on any atom is -0.399 e. The van der Waals surface area contributed by atoms with Crippen LogP contribution in [0.4, 0.5) is 18.9 Å². The molecule has 2 aliphatic heterocycles. The molecule has 2 saturated heterocycles. The first-order valence-electron chi connectivity index (χ1n) is 8.29. The number of rotatable bonds is 2. The Hall–Kier alpha value is -1.54. The van der Waals surface area contributed by atoms with E-state index in [1.807, 2.05) is 0 Å². The zero-order chi connectivity index (χ0) is 18.6. The highest BCUT2D eigenvalue weighted by molar-refractivity contribution is 6.62. The Morgan fingerprint density at radius 1 is 1.12 bits per heavy atom. The molecule has 0 saturated carbocycles. The predicted molar refractivity (Wildman–Crippen MR) is 88.7 cm³/mol. The summed E-state index contributed by atoms with van der Waals surface area (Å²) < 4.78 is 52.4. The summed E-state index contributed by atoms with van der Waals surface area (Å²) in [4.78, 5) is 13.2. The third kappa shape index (κ3) is 3.17. The summed E-state index contributed by atoms with van der Waals surface area (Å²) in [5.41, 5.74) is -2.10. The molecule has 4 nitrogen and oxygen atoms in total. The normalized spacial score (nSPS) is 22.8. The number of anilines is 1. The van der Waals surface area contributed by atoms with Crippen molar-refractivity contribution < 1.29 is 27.3 Å². The molecule has 136 valence electrons. The second-order valence-electron chi connectivity index (χ2n) is 7.51. The second-order valence-corrected chi connectivity index (χ2v) is 7.51. The summed E-state index contributed by atoms with van der Waals surface area (Å²) >= 11 is 0. The number of alkyl halides is 3. The number of hydrogen-bond acceptors (Lipinski definition) is 3. The Kier molecular flexibility index (Phi) is 4.19. The Balaban J connectivity index is 2.01. The first-order valence-corrected chi connectivity index (χ1v) is 8.29. The molecule has 1 aromatic carbocycles. The fourth-order valence-corrected chi connectivity index (χ4v) is 3.05. The number of carbonyl (C=O) groups excluding carboxylic acids is 1. The fourth-order valence-electron chi connectivity index (χ4n) is 3.05. The maximum atomic E-state index is 13.6. The maximum Gasteiger partial charge on any atom is 0.495 e. The molecular formula is C17H21BF3NO3. The van der Waals surface area contributed by atoms with Crippen molar-refractivity contribution in [3.05, 3.63) is 23.8 Å². The van der Waals surface area contributed by atoms with Crippen molar-refractivity contribution in [2.75, 3.05) is 11.4 Å². The maximum absolute atomic E-state index is 13.6. The van der Waals surface area contributed by atoms with Crippen molar-refractivity contribution in [3.8, 4) is 0 Å². The molecule has 0 atom stereocenters. The van der Waals surface area contributed by atoms with E-state index in [4.69, 9.17) is 9.31 Å². The van der Waals surface area contributed by atoms with Gasteiger partial charge in [0, 0.05) is 18.7 Å². The highest BCUT2D eigenvalue weighted by atomic mass is 19.4. The van der Waals surface area contributed by atoms with E-state index in [0.29, 0.717) is 19.4 Å². The van der Waals surface area contributed by atoms with Crippen molar-refractivity contribution >= 4 is 24.2 Å². The molecule has 0 unspecified atom stereocenters. The molecule has 8 heteroatoms. The van der Waals surface area contributed by atoms with Crippen LogP contribution in [-0.4, -0.2) is 30.8 Å². The van der Waals surface area contributed by atoms with Crippen molar-refractivity contribution in [3.63, 3.8) is 0 Å². The topological polar surface area (TPSA) is 38.8 Å². The molecule has 0 radical (unpaired) electrons. The first-order chi connectivity index (χ1) is 11.4. The second kappa shape index (κ2) is 5.74. The Bertz CT molecular complexity index is 687. The van der Waals surface area contributed by atoms with E-state index in [9.17, 15) is 18.0 Å². The van der Waals surface area contributed by atoms with Crippen LogP contribution in [0, 0.1) is 0 Å². The largest absolute Gasteiger partial charge is 0.495 e. The van der Waals surface area contributed by atoms with E-state index >= 15 is 0 Å². The third-order valence-electron chi connectivity index (χ3n) is 5.23. The first kappa shape index (κ1) is 18.3. The Morgan fingerprint density at radius 2 is 1.72 bits per heavy atom.